The molecule has 6 heteroatoms. The van der Waals surface area contributed by atoms with E-state index in [1.54, 1.807) is 6.20 Å². The van der Waals surface area contributed by atoms with E-state index < -0.39 is 0 Å². The smallest absolute Gasteiger partial charge is 0.175 e. The predicted octanol–water partition coefficient (Wildman–Crippen LogP) is 3.67. The summed E-state index contributed by atoms with van der Waals surface area (Å²) >= 11 is 11.1. The molecule has 1 aromatic carbocycles. The standard InChI is InChI=1S/C13H15ClN4S/c1-3-18-9(2)12(8-15-18)17-13(19)16-11-6-4-10(14)5-7-11/h4-8H,3H2,1-2H3,(H2,16,17,19). The quantitative estimate of drug-likeness (QED) is 0.848. The molecule has 2 rings (SSSR count). The lowest BCUT2D eigenvalue weighted by atomic mass is 10.3. The summed E-state index contributed by atoms with van der Waals surface area (Å²) in [7, 11) is 0. The van der Waals surface area contributed by atoms with Gasteiger partial charge in [-0.2, -0.15) is 5.10 Å². The van der Waals surface area contributed by atoms with E-state index in [-0.39, 0.29) is 0 Å². The second-order valence-electron chi connectivity index (χ2n) is 4.05. The van der Waals surface area contributed by atoms with Crippen molar-refractivity contribution in [1.82, 2.24) is 9.78 Å². The van der Waals surface area contributed by atoms with Crippen LogP contribution < -0.4 is 10.6 Å². The maximum absolute atomic E-state index is 5.83. The van der Waals surface area contributed by atoms with Crippen molar-refractivity contribution in [2.75, 3.05) is 10.6 Å². The number of anilines is 2. The molecule has 2 N–H and O–H groups in total. The Hall–Kier alpha value is -1.59. The summed E-state index contributed by atoms with van der Waals surface area (Å²) in [6.07, 6.45) is 1.77. The molecule has 0 unspecified atom stereocenters. The second-order valence-corrected chi connectivity index (χ2v) is 4.89. The zero-order chi connectivity index (χ0) is 13.8. The van der Waals surface area contributed by atoms with Gasteiger partial charge in [0.15, 0.2) is 5.11 Å². The third kappa shape index (κ3) is 3.45. The fourth-order valence-corrected chi connectivity index (χ4v) is 2.06. The first-order valence-electron chi connectivity index (χ1n) is 5.96. The van der Waals surface area contributed by atoms with Gasteiger partial charge in [-0.3, -0.25) is 4.68 Å². The van der Waals surface area contributed by atoms with E-state index in [9.17, 15) is 0 Å². The van der Waals surface area contributed by atoms with Crippen LogP contribution in [0.15, 0.2) is 30.5 Å². The van der Waals surface area contributed by atoms with E-state index in [1.165, 1.54) is 0 Å². The summed E-state index contributed by atoms with van der Waals surface area (Å²) < 4.78 is 1.91. The molecule has 0 saturated heterocycles. The first-order chi connectivity index (χ1) is 9.10. The van der Waals surface area contributed by atoms with Crippen molar-refractivity contribution in [3.05, 3.63) is 41.2 Å². The molecular weight excluding hydrogens is 280 g/mol. The van der Waals surface area contributed by atoms with Crippen molar-refractivity contribution in [2.45, 2.75) is 20.4 Å². The van der Waals surface area contributed by atoms with Crippen molar-refractivity contribution in [2.24, 2.45) is 0 Å². The largest absolute Gasteiger partial charge is 0.332 e. The summed E-state index contributed by atoms with van der Waals surface area (Å²) in [5, 5.41) is 11.7. The molecule has 0 amide bonds. The van der Waals surface area contributed by atoms with Crippen LogP contribution in [-0.2, 0) is 6.54 Å². The van der Waals surface area contributed by atoms with Crippen LogP contribution in [-0.4, -0.2) is 14.9 Å². The van der Waals surface area contributed by atoms with Crippen LogP contribution in [0, 0.1) is 6.92 Å². The Balaban J connectivity index is 2.01. The summed E-state index contributed by atoms with van der Waals surface area (Å²) in [6, 6.07) is 7.37. The van der Waals surface area contributed by atoms with Gasteiger partial charge in [0.2, 0.25) is 0 Å². The average Bonchev–Trinajstić information content (AvgIpc) is 2.73. The highest BCUT2D eigenvalue weighted by Crippen LogP contribution is 2.16. The van der Waals surface area contributed by atoms with E-state index in [4.69, 9.17) is 23.8 Å². The minimum atomic E-state index is 0.529. The number of nitrogens with zero attached hydrogens (tertiary/aromatic N) is 2. The molecular formula is C13H15ClN4S. The predicted molar refractivity (Wildman–Crippen MR) is 83.9 cm³/mol. The number of aromatic nitrogens is 2. The van der Waals surface area contributed by atoms with Crippen LogP contribution in [0.1, 0.15) is 12.6 Å². The number of thiocarbonyl (C=S) groups is 1. The molecule has 0 aliphatic rings. The van der Waals surface area contributed by atoms with E-state index in [0.717, 1.165) is 23.6 Å². The molecule has 2 aromatic rings. The molecule has 1 heterocycles. The molecule has 0 fully saturated rings. The topological polar surface area (TPSA) is 41.9 Å². The first kappa shape index (κ1) is 13.8. The van der Waals surface area contributed by atoms with Gasteiger partial charge in [-0.25, -0.2) is 0 Å². The zero-order valence-corrected chi connectivity index (χ0v) is 12.3. The number of hydrogen-bond donors (Lipinski definition) is 2. The molecule has 0 radical (unpaired) electrons. The molecule has 1 aromatic heterocycles. The van der Waals surface area contributed by atoms with Crippen molar-refractivity contribution >= 4 is 40.3 Å². The zero-order valence-electron chi connectivity index (χ0n) is 10.8. The Kier molecular flexibility index (Phi) is 4.39. The molecule has 100 valence electrons. The highest BCUT2D eigenvalue weighted by atomic mass is 35.5. The number of benzene rings is 1. The van der Waals surface area contributed by atoms with Crippen molar-refractivity contribution < 1.29 is 0 Å². The van der Waals surface area contributed by atoms with Crippen LogP contribution in [0.5, 0.6) is 0 Å². The third-order valence-electron chi connectivity index (χ3n) is 2.75. The van der Waals surface area contributed by atoms with Gasteiger partial charge in [-0.1, -0.05) is 11.6 Å². The second kappa shape index (κ2) is 6.04. The van der Waals surface area contributed by atoms with E-state index in [2.05, 4.69) is 15.7 Å². The van der Waals surface area contributed by atoms with Crippen LogP contribution in [0.3, 0.4) is 0 Å². The number of aryl methyl sites for hydroxylation is 1. The van der Waals surface area contributed by atoms with Gasteiger partial charge in [0.1, 0.15) is 0 Å². The molecule has 0 aliphatic heterocycles. The molecule has 0 aliphatic carbocycles. The number of rotatable bonds is 3. The molecule has 4 nitrogen and oxygen atoms in total. The molecule has 0 atom stereocenters. The van der Waals surface area contributed by atoms with Gasteiger partial charge in [0.25, 0.3) is 0 Å². The van der Waals surface area contributed by atoms with Gasteiger partial charge in [0, 0.05) is 17.3 Å². The maximum atomic E-state index is 5.83. The molecule has 0 bridgehead atoms. The Morgan fingerprint density at radius 2 is 2.00 bits per heavy atom. The maximum Gasteiger partial charge on any atom is 0.175 e. The Bertz CT molecular complexity index is 577. The fraction of sp³-hybridized carbons (Fsp3) is 0.231. The highest BCUT2D eigenvalue weighted by molar-refractivity contribution is 7.80. The fourth-order valence-electron chi connectivity index (χ4n) is 1.71. The molecule has 19 heavy (non-hydrogen) atoms. The molecule has 0 saturated carbocycles. The van der Waals surface area contributed by atoms with Gasteiger partial charge in [-0.05, 0) is 50.3 Å². The van der Waals surface area contributed by atoms with Crippen LogP contribution >= 0.6 is 23.8 Å². The van der Waals surface area contributed by atoms with Gasteiger partial charge in [-0.15, -0.1) is 0 Å². The normalized spacial score (nSPS) is 10.3. The first-order valence-corrected chi connectivity index (χ1v) is 6.74. The SMILES string of the molecule is CCn1ncc(NC(=S)Nc2ccc(Cl)cc2)c1C. The van der Waals surface area contributed by atoms with E-state index in [1.807, 2.05) is 42.8 Å². The van der Waals surface area contributed by atoms with Gasteiger partial charge < -0.3 is 10.6 Å². The molecule has 0 spiro atoms. The van der Waals surface area contributed by atoms with Gasteiger partial charge in [0.05, 0.1) is 17.6 Å². The Morgan fingerprint density at radius 3 is 2.58 bits per heavy atom. The summed E-state index contributed by atoms with van der Waals surface area (Å²) in [6.45, 7) is 4.89. The van der Waals surface area contributed by atoms with Crippen molar-refractivity contribution in [3.63, 3.8) is 0 Å². The monoisotopic (exact) mass is 294 g/mol. The number of nitrogens with one attached hydrogen (secondary N) is 2. The third-order valence-corrected chi connectivity index (χ3v) is 3.21. The summed E-state index contributed by atoms with van der Waals surface area (Å²) in [5.41, 5.74) is 2.86. The minimum Gasteiger partial charge on any atom is -0.332 e. The van der Waals surface area contributed by atoms with Crippen molar-refractivity contribution in [1.29, 1.82) is 0 Å². The minimum absolute atomic E-state index is 0.529. The van der Waals surface area contributed by atoms with Crippen LogP contribution in [0.25, 0.3) is 0 Å². The van der Waals surface area contributed by atoms with E-state index >= 15 is 0 Å². The highest BCUT2D eigenvalue weighted by Gasteiger charge is 2.06. The lowest BCUT2D eigenvalue weighted by Crippen LogP contribution is -2.19. The van der Waals surface area contributed by atoms with Gasteiger partial charge >= 0.3 is 0 Å². The lowest BCUT2D eigenvalue weighted by molar-refractivity contribution is 0.640. The number of hydrogen-bond acceptors (Lipinski definition) is 2. The van der Waals surface area contributed by atoms with E-state index in [0.29, 0.717) is 10.1 Å². The Morgan fingerprint density at radius 1 is 1.32 bits per heavy atom. The summed E-state index contributed by atoms with van der Waals surface area (Å²) in [4.78, 5) is 0. The lowest BCUT2D eigenvalue weighted by Gasteiger charge is -2.10. The van der Waals surface area contributed by atoms with Crippen LogP contribution in [0.4, 0.5) is 11.4 Å². The van der Waals surface area contributed by atoms with Crippen molar-refractivity contribution in [3.8, 4) is 0 Å². The summed E-state index contributed by atoms with van der Waals surface area (Å²) in [5.74, 6) is 0. The van der Waals surface area contributed by atoms with Crippen LogP contribution in [0.2, 0.25) is 5.02 Å². The number of halogens is 1. The average molecular weight is 295 g/mol. The Labute approximate surface area is 122 Å².